The molecule has 0 aliphatic rings. The smallest absolute Gasteiger partial charge is 0.0175 e. The zero-order valence-electron chi connectivity index (χ0n) is 14.9. The first-order valence-electron chi connectivity index (χ1n) is 8.86. The van der Waals surface area contributed by atoms with Crippen molar-refractivity contribution >= 4 is 0 Å². The third-order valence-corrected chi connectivity index (χ3v) is 5.44. The van der Waals surface area contributed by atoms with Gasteiger partial charge in [-0.2, -0.15) is 0 Å². The summed E-state index contributed by atoms with van der Waals surface area (Å²) in [6.07, 6.45) is 1.08. The number of rotatable bonds is 5. The van der Waals surface area contributed by atoms with Gasteiger partial charge in [-0.05, 0) is 28.7 Å². The van der Waals surface area contributed by atoms with E-state index < -0.39 is 0 Å². The third kappa shape index (κ3) is 3.01. The SMILES string of the molecule is CCC(C)(c1ccccc1)c1ccccc1C(C)c1ccccc1. The van der Waals surface area contributed by atoms with Crippen molar-refractivity contribution in [2.75, 3.05) is 0 Å². The van der Waals surface area contributed by atoms with Gasteiger partial charge in [-0.15, -0.1) is 0 Å². The average molecular weight is 314 g/mol. The fourth-order valence-corrected chi connectivity index (χ4v) is 3.65. The predicted octanol–water partition coefficient (Wildman–Crippen LogP) is 6.55. The topological polar surface area (TPSA) is 0 Å². The molecule has 3 rings (SSSR count). The molecule has 2 unspecified atom stereocenters. The highest BCUT2D eigenvalue weighted by molar-refractivity contribution is 5.46. The van der Waals surface area contributed by atoms with Crippen LogP contribution in [-0.2, 0) is 5.41 Å². The Bertz CT molecular complexity index is 773. The molecular formula is C24H26. The van der Waals surface area contributed by atoms with Crippen molar-refractivity contribution in [1.82, 2.24) is 0 Å². The highest BCUT2D eigenvalue weighted by Gasteiger charge is 2.30. The summed E-state index contributed by atoms with van der Waals surface area (Å²) in [7, 11) is 0. The van der Waals surface area contributed by atoms with Crippen molar-refractivity contribution in [3.8, 4) is 0 Å². The third-order valence-electron chi connectivity index (χ3n) is 5.44. The summed E-state index contributed by atoms with van der Waals surface area (Å²) in [5.74, 6) is 0.386. The number of hydrogen-bond donors (Lipinski definition) is 0. The van der Waals surface area contributed by atoms with Gasteiger partial charge < -0.3 is 0 Å². The number of hydrogen-bond acceptors (Lipinski definition) is 0. The Morgan fingerprint density at radius 3 is 1.92 bits per heavy atom. The van der Waals surface area contributed by atoms with Gasteiger partial charge in [0, 0.05) is 11.3 Å². The van der Waals surface area contributed by atoms with Crippen LogP contribution in [0.3, 0.4) is 0 Å². The summed E-state index contributed by atoms with van der Waals surface area (Å²) in [5.41, 5.74) is 5.66. The molecule has 0 aromatic heterocycles. The lowest BCUT2D eigenvalue weighted by atomic mass is 9.70. The van der Waals surface area contributed by atoms with Crippen molar-refractivity contribution < 1.29 is 0 Å². The van der Waals surface area contributed by atoms with Gasteiger partial charge in [-0.1, -0.05) is 106 Å². The Labute approximate surface area is 146 Å². The maximum atomic E-state index is 2.37. The van der Waals surface area contributed by atoms with Gasteiger partial charge in [-0.25, -0.2) is 0 Å². The first kappa shape index (κ1) is 16.5. The second kappa shape index (κ2) is 7.05. The molecule has 0 aliphatic carbocycles. The molecule has 0 bridgehead atoms. The molecule has 24 heavy (non-hydrogen) atoms. The molecule has 0 heteroatoms. The Balaban J connectivity index is 2.12. The lowest BCUT2D eigenvalue weighted by Gasteiger charge is -2.33. The van der Waals surface area contributed by atoms with E-state index >= 15 is 0 Å². The van der Waals surface area contributed by atoms with Gasteiger partial charge >= 0.3 is 0 Å². The highest BCUT2D eigenvalue weighted by atomic mass is 14.3. The number of benzene rings is 3. The highest BCUT2D eigenvalue weighted by Crippen LogP contribution is 2.40. The van der Waals surface area contributed by atoms with E-state index in [0.717, 1.165) is 6.42 Å². The van der Waals surface area contributed by atoms with E-state index in [0.29, 0.717) is 5.92 Å². The van der Waals surface area contributed by atoms with Gasteiger partial charge in [0.2, 0.25) is 0 Å². The van der Waals surface area contributed by atoms with Crippen molar-refractivity contribution in [3.05, 3.63) is 107 Å². The first-order chi connectivity index (χ1) is 11.7. The maximum absolute atomic E-state index is 2.37. The minimum Gasteiger partial charge on any atom is -0.0642 e. The van der Waals surface area contributed by atoms with Crippen molar-refractivity contribution in [1.29, 1.82) is 0 Å². The van der Waals surface area contributed by atoms with Gasteiger partial charge in [0.25, 0.3) is 0 Å². The molecule has 0 fully saturated rings. The molecular weight excluding hydrogens is 288 g/mol. The van der Waals surface area contributed by atoms with Crippen LogP contribution in [0.25, 0.3) is 0 Å². The molecule has 0 saturated carbocycles. The second-order valence-corrected chi connectivity index (χ2v) is 6.77. The fraction of sp³-hybridized carbons (Fsp3) is 0.250. The van der Waals surface area contributed by atoms with Gasteiger partial charge in [0.05, 0.1) is 0 Å². The summed E-state index contributed by atoms with van der Waals surface area (Å²) in [6, 6.07) is 30.7. The molecule has 0 N–H and O–H groups in total. The van der Waals surface area contributed by atoms with Crippen LogP contribution in [0.15, 0.2) is 84.9 Å². The van der Waals surface area contributed by atoms with Crippen LogP contribution in [0.1, 0.15) is 55.4 Å². The van der Waals surface area contributed by atoms with E-state index in [1.165, 1.54) is 22.3 Å². The lowest BCUT2D eigenvalue weighted by Crippen LogP contribution is -2.25. The van der Waals surface area contributed by atoms with Crippen molar-refractivity contribution in [3.63, 3.8) is 0 Å². The largest absolute Gasteiger partial charge is 0.0642 e. The molecule has 3 aromatic carbocycles. The summed E-state index contributed by atoms with van der Waals surface area (Å²) in [6.45, 7) is 6.98. The van der Waals surface area contributed by atoms with E-state index in [1.807, 2.05) is 0 Å². The molecule has 0 saturated heterocycles. The van der Waals surface area contributed by atoms with Gasteiger partial charge in [-0.3, -0.25) is 0 Å². The maximum Gasteiger partial charge on any atom is 0.0175 e. The minimum atomic E-state index is 0.0287. The molecule has 0 radical (unpaired) electrons. The van der Waals surface area contributed by atoms with Crippen LogP contribution in [0.2, 0.25) is 0 Å². The zero-order chi connectivity index (χ0) is 17.0. The van der Waals surface area contributed by atoms with E-state index in [-0.39, 0.29) is 5.41 Å². The Hall–Kier alpha value is -2.34. The van der Waals surface area contributed by atoms with E-state index in [9.17, 15) is 0 Å². The molecule has 3 aromatic rings. The quantitative estimate of drug-likeness (QED) is 0.500. The molecule has 2 atom stereocenters. The lowest BCUT2D eigenvalue weighted by molar-refractivity contribution is 0.541. The molecule has 122 valence electrons. The zero-order valence-corrected chi connectivity index (χ0v) is 14.9. The van der Waals surface area contributed by atoms with E-state index in [2.05, 4.69) is 106 Å². The van der Waals surface area contributed by atoms with Crippen LogP contribution in [-0.4, -0.2) is 0 Å². The van der Waals surface area contributed by atoms with Crippen molar-refractivity contribution in [2.45, 2.75) is 38.5 Å². The Morgan fingerprint density at radius 2 is 1.29 bits per heavy atom. The molecule has 0 aliphatic heterocycles. The summed E-state index contributed by atoms with van der Waals surface area (Å²) >= 11 is 0. The molecule has 0 amide bonds. The minimum absolute atomic E-state index is 0.0287. The summed E-state index contributed by atoms with van der Waals surface area (Å²) < 4.78 is 0. The summed E-state index contributed by atoms with van der Waals surface area (Å²) in [4.78, 5) is 0. The van der Waals surface area contributed by atoms with Crippen LogP contribution in [0.5, 0.6) is 0 Å². The fourth-order valence-electron chi connectivity index (χ4n) is 3.65. The second-order valence-electron chi connectivity index (χ2n) is 6.77. The monoisotopic (exact) mass is 314 g/mol. The predicted molar refractivity (Wildman–Crippen MR) is 104 cm³/mol. The Kier molecular flexibility index (Phi) is 4.85. The normalized spacial score (nSPS) is 14.8. The van der Waals surface area contributed by atoms with Gasteiger partial charge in [0.1, 0.15) is 0 Å². The molecule has 0 heterocycles. The standard InChI is InChI=1S/C24H26/c1-4-24(3,21-15-9-6-10-16-21)23-18-12-11-17-22(23)19(2)20-13-7-5-8-14-20/h5-19H,4H2,1-3H3. The van der Waals surface area contributed by atoms with E-state index in [4.69, 9.17) is 0 Å². The van der Waals surface area contributed by atoms with E-state index in [1.54, 1.807) is 0 Å². The van der Waals surface area contributed by atoms with Crippen LogP contribution >= 0.6 is 0 Å². The van der Waals surface area contributed by atoms with Crippen molar-refractivity contribution in [2.24, 2.45) is 0 Å². The van der Waals surface area contributed by atoms with Crippen LogP contribution in [0.4, 0.5) is 0 Å². The van der Waals surface area contributed by atoms with Crippen LogP contribution < -0.4 is 0 Å². The summed E-state index contributed by atoms with van der Waals surface area (Å²) in [5, 5.41) is 0. The molecule has 0 spiro atoms. The average Bonchev–Trinajstić information content (AvgIpc) is 2.68. The van der Waals surface area contributed by atoms with Crippen LogP contribution in [0, 0.1) is 0 Å². The Morgan fingerprint density at radius 1 is 0.750 bits per heavy atom. The first-order valence-corrected chi connectivity index (χ1v) is 8.86. The molecule has 0 nitrogen and oxygen atoms in total. The van der Waals surface area contributed by atoms with Gasteiger partial charge in [0.15, 0.2) is 0 Å².